The zero-order valence-corrected chi connectivity index (χ0v) is 15.3. The van der Waals surface area contributed by atoms with E-state index in [1.807, 2.05) is 12.1 Å². The number of hydrogen-bond donors (Lipinski definition) is 2. The second-order valence-corrected chi connectivity index (χ2v) is 8.18. The summed E-state index contributed by atoms with van der Waals surface area (Å²) in [7, 11) is -3.79. The van der Waals surface area contributed by atoms with E-state index in [0.717, 1.165) is 37.0 Å². The number of aryl methyl sites for hydroxylation is 1. The predicted molar refractivity (Wildman–Crippen MR) is 98.0 cm³/mol. The molecule has 0 saturated carbocycles. The van der Waals surface area contributed by atoms with Crippen molar-refractivity contribution in [2.24, 2.45) is 0 Å². The molecule has 1 atom stereocenters. The first-order valence-electron chi connectivity index (χ1n) is 8.51. The highest BCUT2D eigenvalue weighted by molar-refractivity contribution is 7.92. The molecule has 0 aromatic heterocycles. The maximum absolute atomic E-state index is 13.0. The molecular weight excluding hydrogens is 355 g/mol. The normalized spacial score (nSPS) is 16.6. The van der Waals surface area contributed by atoms with E-state index in [4.69, 9.17) is 0 Å². The summed E-state index contributed by atoms with van der Waals surface area (Å²) in [4.78, 5) is 11.2. The molecule has 3 rings (SSSR count). The average Bonchev–Trinajstić information content (AvgIpc) is 2.60. The third kappa shape index (κ3) is 4.22. The van der Waals surface area contributed by atoms with E-state index in [-0.39, 0.29) is 16.7 Å². The maximum Gasteiger partial charge on any atom is 0.261 e. The number of nitrogens with one attached hydrogen (secondary N) is 2. The summed E-state index contributed by atoms with van der Waals surface area (Å²) in [6.07, 6.45) is 2.93. The molecule has 0 bridgehead atoms. The summed E-state index contributed by atoms with van der Waals surface area (Å²) in [5.41, 5.74) is 2.70. The number of carbonyl (C=O) groups excluding carboxylic acids is 1. The molecule has 0 radical (unpaired) electrons. The molecule has 7 heteroatoms. The summed E-state index contributed by atoms with van der Waals surface area (Å²) in [5.74, 6) is -0.401. The van der Waals surface area contributed by atoms with E-state index in [1.54, 1.807) is 6.07 Å². The van der Waals surface area contributed by atoms with Gasteiger partial charge in [-0.1, -0.05) is 6.07 Å². The van der Waals surface area contributed by atoms with Gasteiger partial charge in [-0.05, 0) is 66.8 Å². The number of anilines is 1. The van der Waals surface area contributed by atoms with Crippen LogP contribution in [0.1, 0.15) is 36.8 Å². The van der Waals surface area contributed by atoms with Gasteiger partial charge in [0.05, 0.1) is 4.90 Å². The molecule has 2 aromatic carbocycles. The highest BCUT2D eigenvalue weighted by Crippen LogP contribution is 2.33. The van der Waals surface area contributed by atoms with Crippen molar-refractivity contribution in [3.05, 3.63) is 59.4 Å². The summed E-state index contributed by atoms with van der Waals surface area (Å²) in [6, 6.07) is 10.2. The molecule has 2 N–H and O–H groups in total. The summed E-state index contributed by atoms with van der Waals surface area (Å²) < 4.78 is 40.5. The molecule has 1 amide bonds. The predicted octanol–water partition coefficient (Wildman–Crippen LogP) is 3.18. The quantitative estimate of drug-likeness (QED) is 0.842. The van der Waals surface area contributed by atoms with Crippen LogP contribution in [0.15, 0.2) is 47.4 Å². The van der Waals surface area contributed by atoms with Gasteiger partial charge in [0, 0.05) is 25.1 Å². The third-order valence-electron chi connectivity index (χ3n) is 4.56. The second-order valence-electron chi connectivity index (χ2n) is 6.50. The molecule has 138 valence electrons. The smallest absolute Gasteiger partial charge is 0.261 e. The Morgan fingerprint density at radius 3 is 2.62 bits per heavy atom. The Kier molecular flexibility index (Phi) is 5.27. The number of fused-ring (bicyclic) bond motifs is 1. The molecule has 0 heterocycles. The number of benzene rings is 2. The van der Waals surface area contributed by atoms with Crippen molar-refractivity contribution in [3.63, 3.8) is 0 Å². The van der Waals surface area contributed by atoms with Crippen LogP contribution in [0.2, 0.25) is 0 Å². The second kappa shape index (κ2) is 7.45. The van der Waals surface area contributed by atoms with Gasteiger partial charge in [-0.2, -0.15) is 0 Å². The molecular formula is C19H21FN2O3S. The Morgan fingerprint density at radius 2 is 1.92 bits per heavy atom. The highest BCUT2D eigenvalue weighted by Gasteiger charge is 2.22. The molecule has 0 saturated heterocycles. The lowest BCUT2D eigenvalue weighted by Crippen LogP contribution is -2.28. The number of rotatable bonds is 5. The van der Waals surface area contributed by atoms with E-state index >= 15 is 0 Å². The van der Waals surface area contributed by atoms with Crippen LogP contribution in [0, 0.1) is 5.82 Å². The molecule has 1 aliphatic carbocycles. The number of hydrogen-bond acceptors (Lipinski definition) is 3. The first-order valence-corrected chi connectivity index (χ1v) is 9.99. The van der Waals surface area contributed by atoms with Crippen LogP contribution in [0.4, 0.5) is 10.1 Å². The molecule has 1 aliphatic rings. The van der Waals surface area contributed by atoms with Gasteiger partial charge >= 0.3 is 0 Å². The van der Waals surface area contributed by atoms with Crippen LogP contribution in [-0.4, -0.2) is 20.9 Å². The lowest BCUT2D eigenvalue weighted by atomic mass is 9.82. The molecule has 5 nitrogen and oxygen atoms in total. The van der Waals surface area contributed by atoms with Gasteiger partial charge < -0.3 is 5.32 Å². The zero-order chi connectivity index (χ0) is 18.7. The summed E-state index contributed by atoms with van der Waals surface area (Å²) in [5, 5.41) is 2.84. The first-order chi connectivity index (χ1) is 12.3. The van der Waals surface area contributed by atoms with E-state index < -0.39 is 15.8 Å². The molecule has 0 spiro atoms. The van der Waals surface area contributed by atoms with Crippen molar-refractivity contribution >= 4 is 21.6 Å². The third-order valence-corrected chi connectivity index (χ3v) is 5.96. The Morgan fingerprint density at radius 1 is 1.19 bits per heavy atom. The lowest BCUT2D eigenvalue weighted by molar-refractivity contribution is -0.119. The van der Waals surface area contributed by atoms with Crippen molar-refractivity contribution in [1.29, 1.82) is 0 Å². The van der Waals surface area contributed by atoms with Gasteiger partial charge in [-0.15, -0.1) is 0 Å². The van der Waals surface area contributed by atoms with Crippen molar-refractivity contribution in [3.8, 4) is 0 Å². The minimum Gasteiger partial charge on any atom is -0.356 e. The van der Waals surface area contributed by atoms with Gasteiger partial charge in [0.1, 0.15) is 5.82 Å². The highest BCUT2D eigenvalue weighted by atomic mass is 32.2. The Hall–Kier alpha value is -2.41. The number of sulfonamides is 1. The molecule has 26 heavy (non-hydrogen) atoms. The maximum atomic E-state index is 13.0. The molecule has 0 fully saturated rings. The number of halogens is 1. The minimum atomic E-state index is -3.79. The van der Waals surface area contributed by atoms with Gasteiger partial charge in [0.25, 0.3) is 10.0 Å². The lowest BCUT2D eigenvalue weighted by Gasteiger charge is -2.26. The van der Waals surface area contributed by atoms with Crippen LogP contribution >= 0.6 is 0 Å². The van der Waals surface area contributed by atoms with Crippen molar-refractivity contribution in [2.75, 3.05) is 11.3 Å². The van der Waals surface area contributed by atoms with Crippen LogP contribution in [0.5, 0.6) is 0 Å². The van der Waals surface area contributed by atoms with Gasteiger partial charge in [-0.3, -0.25) is 9.52 Å². The van der Waals surface area contributed by atoms with Crippen molar-refractivity contribution < 1.29 is 17.6 Å². The molecule has 0 unspecified atom stereocenters. The molecule has 2 aromatic rings. The topological polar surface area (TPSA) is 75.3 Å². The number of amides is 1. The summed E-state index contributed by atoms with van der Waals surface area (Å²) >= 11 is 0. The van der Waals surface area contributed by atoms with E-state index in [9.17, 15) is 17.6 Å². The van der Waals surface area contributed by atoms with Crippen molar-refractivity contribution in [2.45, 2.75) is 37.0 Å². The van der Waals surface area contributed by atoms with E-state index in [0.29, 0.717) is 12.2 Å². The fourth-order valence-electron chi connectivity index (χ4n) is 3.27. The van der Waals surface area contributed by atoms with E-state index in [2.05, 4.69) is 10.0 Å². The van der Waals surface area contributed by atoms with Crippen LogP contribution in [0.25, 0.3) is 0 Å². The minimum absolute atomic E-state index is 0.00594. The average molecular weight is 376 g/mol. The van der Waals surface area contributed by atoms with Gasteiger partial charge in [-0.25, -0.2) is 12.8 Å². The fourth-order valence-corrected chi connectivity index (χ4v) is 4.32. The molecule has 0 aliphatic heterocycles. The van der Waals surface area contributed by atoms with Crippen LogP contribution in [-0.2, 0) is 21.2 Å². The van der Waals surface area contributed by atoms with Crippen molar-refractivity contribution in [1.82, 2.24) is 5.32 Å². The number of carbonyl (C=O) groups is 1. The first kappa shape index (κ1) is 18.4. The zero-order valence-electron chi connectivity index (χ0n) is 14.5. The monoisotopic (exact) mass is 376 g/mol. The Labute approximate surface area is 152 Å². The van der Waals surface area contributed by atoms with Crippen LogP contribution in [0.3, 0.4) is 0 Å². The van der Waals surface area contributed by atoms with E-state index in [1.165, 1.54) is 24.6 Å². The largest absolute Gasteiger partial charge is 0.356 e. The standard InChI is InChI=1S/C19H21FN2O3S/c1-13(23)21-12-15-4-2-3-14-5-8-17(11-19(14)15)22-26(24,25)18-9-6-16(20)7-10-18/h5-11,15,22H,2-4,12H2,1H3,(H,21,23)/t15-/m0/s1. The summed E-state index contributed by atoms with van der Waals surface area (Å²) in [6.45, 7) is 2.02. The van der Waals surface area contributed by atoms with Gasteiger partial charge in [0.15, 0.2) is 0 Å². The van der Waals surface area contributed by atoms with Crippen LogP contribution < -0.4 is 10.0 Å². The Balaban J connectivity index is 1.84. The SMILES string of the molecule is CC(=O)NC[C@@H]1CCCc2ccc(NS(=O)(=O)c3ccc(F)cc3)cc21. The fraction of sp³-hybridized carbons (Fsp3) is 0.316. The van der Waals surface area contributed by atoms with Gasteiger partial charge in [0.2, 0.25) is 5.91 Å². The Bertz CT molecular complexity index is 911.